The molecular weight excluding hydrogens is 204 g/mol. The topological polar surface area (TPSA) is 64.3 Å². The Bertz CT molecular complexity index is 163. The third-order valence-electron chi connectivity index (χ3n) is 2.24. The molecule has 0 aliphatic heterocycles. The van der Waals surface area contributed by atoms with Gasteiger partial charge in [-0.1, -0.05) is 13.3 Å². The summed E-state index contributed by atoms with van der Waals surface area (Å²) in [5.41, 5.74) is 5.37. The van der Waals surface area contributed by atoms with Crippen LogP contribution in [0.25, 0.3) is 0 Å². The first kappa shape index (κ1) is 15.4. The molecule has 0 atom stereocenters. The molecule has 0 radical (unpaired) electrons. The van der Waals surface area contributed by atoms with Crippen molar-refractivity contribution in [3.63, 3.8) is 0 Å². The summed E-state index contributed by atoms with van der Waals surface area (Å²) in [7, 11) is 0. The van der Waals surface area contributed by atoms with Crippen molar-refractivity contribution in [2.24, 2.45) is 5.73 Å². The Labute approximate surface area is 98.9 Å². The van der Waals surface area contributed by atoms with E-state index in [0.29, 0.717) is 6.42 Å². The highest BCUT2D eigenvalue weighted by Gasteiger charge is 1.99. The van der Waals surface area contributed by atoms with Gasteiger partial charge in [0.2, 0.25) is 5.91 Å². The number of hydrogen-bond acceptors (Lipinski definition) is 3. The third kappa shape index (κ3) is 11.5. The Kier molecular flexibility index (Phi) is 12.0. The summed E-state index contributed by atoms with van der Waals surface area (Å²) in [6.07, 6.45) is 5.56. The normalized spacial score (nSPS) is 10.4. The second-order valence-corrected chi connectivity index (χ2v) is 3.92. The maximum Gasteiger partial charge on any atom is 0.219 e. The number of nitrogens with two attached hydrogens (primary N) is 1. The second-order valence-electron chi connectivity index (χ2n) is 3.92. The molecular formula is C12H26N2O2. The van der Waals surface area contributed by atoms with Gasteiger partial charge in [-0.3, -0.25) is 4.79 Å². The first-order valence-corrected chi connectivity index (χ1v) is 6.35. The van der Waals surface area contributed by atoms with E-state index in [1.807, 2.05) is 0 Å². The minimum atomic E-state index is 0.146. The van der Waals surface area contributed by atoms with Crippen LogP contribution in [0.1, 0.15) is 45.4 Å². The maximum absolute atomic E-state index is 11.3. The van der Waals surface area contributed by atoms with Gasteiger partial charge < -0.3 is 15.8 Å². The van der Waals surface area contributed by atoms with Crippen LogP contribution in [0.5, 0.6) is 0 Å². The fourth-order valence-electron chi connectivity index (χ4n) is 1.34. The lowest BCUT2D eigenvalue weighted by atomic mass is 10.2. The van der Waals surface area contributed by atoms with Gasteiger partial charge in [0.05, 0.1) is 0 Å². The van der Waals surface area contributed by atoms with E-state index in [9.17, 15) is 4.79 Å². The molecule has 1 amide bonds. The average molecular weight is 230 g/mol. The molecule has 0 unspecified atom stereocenters. The molecule has 0 saturated carbocycles. The van der Waals surface area contributed by atoms with E-state index in [1.165, 1.54) is 0 Å². The molecule has 0 fully saturated rings. The number of rotatable bonds is 11. The van der Waals surface area contributed by atoms with Crippen LogP contribution in [-0.4, -0.2) is 32.2 Å². The zero-order valence-electron chi connectivity index (χ0n) is 10.5. The van der Waals surface area contributed by atoms with Crippen LogP contribution in [0, 0.1) is 0 Å². The fraction of sp³-hybridized carbons (Fsp3) is 0.917. The molecule has 0 saturated heterocycles. The van der Waals surface area contributed by atoms with Gasteiger partial charge in [0.15, 0.2) is 0 Å². The van der Waals surface area contributed by atoms with Crippen molar-refractivity contribution in [3.05, 3.63) is 0 Å². The lowest BCUT2D eigenvalue weighted by molar-refractivity contribution is -0.121. The molecule has 0 heterocycles. The minimum Gasteiger partial charge on any atom is -0.381 e. The molecule has 0 aromatic carbocycles. The lowest BCUT2D eigenvalue weighted by Crippen LogP contribution is -2.24. The molecule has 16 heavy (non-hydrogen) atoms. The van der Waals surface area contributed by atoms with Gasteiger partial charge in [0.1, 0.15) is 0 Å². The maximum atomic E-state index is 11.3. The van der Waals surface area contributed by atoms with Crippen LogP contribution in [0.2, 0.25) is 0 Å². The smallest absolute Gasteiger partial charge is 0.219 e. The summed E-state index contributed by atoms with van der Waals surface area (Å²) in [5, 5.41) is 2.89. The lowest BCUT2D eigenvalue weighted by Gasteiger charge is -2.05. The van der Waals surface area contributed by atoms with Gasteiger partial charge in [-0.05, 0) is 32.2 Å². The number of nitrogens with one attached hydrogen (secondary N) is 1. The molecule has 0 bridgehead atoms. The molecule has 4 heteroatoms. The number of carbonyl (C=O) groups is 1. The zero-order chi connectivity index (χ0) is 12.1. The Morgan fingerprint density at radius 1 is 1.19 bits per heavy atom. The van der Waals surface area contributed by atoms with E-state index < -0.39 is 0 Å². The van der Waals surface area contributed by atoms with Crippen molar-refractivity contribution in [2.45, 2.75) is 45.4 Å². The van der Waals surface area contributed by atoms with E-state index in [1.54, 1.807) is 0 Å². The standard InChI is InChI=1S/C12H26N2O2/c1-2-10-16-11-6-9-14-12(15)7-4-3-5-8-13/h2-11,13H2,1H3,(H,14,15). The van der Waals surface area contributed by atoms with Gasteiger partial charge in [-0.25, -0.2) is 0 Å². The quantitative estimate of drug-likeness (QED) is 0.528. The number of unbranched alkanes of at least 4 members (excludes halogenated alkanes) is 2. The molecule has 3 N–H and O–H groups in total. The summed E-state index contributed by atoms with van der Waals surface area (Å²) in [6.45, 7) is 5.08. The van der Waals surface area contributed by atoms with Crippen LogP contribution in [0.4, 0.5) is 0 Å². The van der Waals surface area contributed by atoms with E-state index in [-0.39, 0.29) is 5.91 Å². The summed E-state index contributed by atoms with van der Waals surface area (Å²) >= 11 is 0. The first-order chi connectivity index (χ1) is 7.81. The molecule has 0 rings (SSSR count). The van der Waals surface area contributed by atoms with Gasteiger partial charge in [0, 0.05) is 26.2 Å². The molecule has 0 aromatic rings. The number of amides is 1. The van der Waals surface area contributed by atoms with E-state index in [2.05, 4.69) is 12.2 Å². The predicted molar refractivity (Wildman–Crippen MR) is 66.3 cm³/mol. The molecule has 0 aliphatic carbocycles. The zero-order valence-corrected chi connectivity index (χ0v) is 10.5. The number of ether oxygens (including phenoxy) is 1. The van der Waals surface area contributed by atoms with Crippen LogP contribution in [-0.2, 0) is 9.53 Å². The first-order valence-electron chi connectivity index (χ1n) is 6.35. The van der Waals surface area contributed by atoms with Gasteiger partial charge >= 0.3 is 0 Å². The Balaban J connectivity index is 3.11. The third-order valence-corrected chi connectivity index (χ3v) is 2.24. The summed E-state index contributed by atoms with van der Waals surface area (Å²) in [6, 6.07) is 0. The highest BCUT2D eigenvalue weighted by Crippen LogP contribution is 1.98. The largest absolute Gasteiger partial charge is 0.381 e. The monoisotopic (exact) mass is 230 g/mol. The van der Waals surface area contributed by atoms with E-state index in [4.69, 9.17) is 10.5 Å². The van der Waals surface area contributed by atoms with Crippen molar-refractivity contribution in [3.8, 4) is 0 Å². The Morgan fingerprint density at radius 3 is 2.69 bits per heavy atom. The number of hydrogen-bond donors (Lipinski definition) is 2. The number of carbonyl (C=O) groups excluding carboxylic acids is 1. The molecule has 0 spiro atoms. The average Bonchev–Trinajstić information content (AvgIpc) is 2.29. The van der Waals surface area contributed by atoms with Crippen molar-refractivity contribution < 1.29 is 9.53 Å². The Morgan fingerprint density at radius 2 is 2.00 bits per heavy atom. The minimum absolute atomic E-state index is 0.146. The van der Waals surface area contributed by atoms with E-state index in [0.717, 1.165) is 58.4 Å². The van der Waals surface area contributed by atoms with Crippen molar-refractivity contribution in [1.29, 1.82) is 0 Å². The van der Waals surface area contributed by atoms with Gasteiger partial charge in [-0.15, -0.1) is 0 Å². The summed E-state index contributed by atoms with van der Waals surface area (Å²) in [5.74, 6) is 0.146. The van der Waals surface area contributed by atoms with Crippen molar-refractivity contribution in [2.75, 3.05) is 26.3 Å². The van der Waals surface area contributed by atoms with Crippen molar-refractivity contribution in [1.82, 2.24) is 5.32 Å². The van der Waals surface area contributed by atoms with Crippen LogP contribution in [0.15, 0.2) is 0 Å². The van der Waals surface area contributed by atoms with Crippen molar-refractivity contribution >= 4 is 5.91 Å². The highest BCUT2D eigenvalue weighted by molar-refractivity contribution is 5.75. The molecule has 0 aromatic heterocycles. The highest BCUT2D eigenvalue weighted by atomic mass is 16.5. The van der Waals surface area contributed by atoms with Crippen LogP contribution < -0.4 is 11.1 Å². The van der Waals surface area contributed by atoms with E-state index >= 15 is 0 Å². The molecule has 0 aliphatic rings. The fourth-order valence-corrected chi connectivity index (χ4v) is 1.34. The van der Waals surface area contributed by atoms with Crippen LogP contribution in [0.3, 0.4) is 0 Å². The molecule has 96 valence electrons. The summed E-state index contributed by atoms with van der Waals surface area (Å²) < 4.78 is 5.31. The Hall–Kier alpha value is -0.610. The predicted octanol–water partition coefficient (Wildman–Crippen LogP) is 1.44. The molecule has 4 nitrogen and oxygen atoms in total. The van der Waals surface area contributed by atoms with Gasteiger partial charge in [-0.2, -0.15) is 0 Å². The summed E-state index contributed by atoms with van der Waals surface area (Å²) in [4.78, 5) is 11.3. The van der Waals surface area contributed by atoms with Gasteiger partial charge in [0.25, 0.3) is 0 Å². The van der Waals surface area contributed by atoms with Crippen LogP contribution >= 0.6 is 0 Å². The SMILES string of the molecule is CCCOCCCNC(=O)CCCCCN. The second kappa shape index (κ2) is 12.5.